The first kappa shape index (κ1) is 18.1. The molecule has 0 bridgehead atoms. The standard InChI is InChI=1S/C25H29NO2/c1-24-11-7-21-20-5-3-19(27)16-18(20)2-4-22(21)23(24)8-13-25(24,28)12-6-17-9-14-26-15-10-17/h9-10,14-16,20-23,28H,2-5,7-8,11,13H2,1H3/t20-,21-,22+,23+,24-,25?/m0/s1. The summed E-state index contributed by atoms with van der Waals surface area (Å²) in [5.41, 5.74) is 1.32. The van der Waals surface area contributed by atoms with Crippen LogP contribution in [0.5, 0.6) is 0 Å². The first-order chi connectivity index (χ1) is 13.5. The molecule has 5 rings (SSSR count). The number of aromatic nitrogens is 1. The van der Waals surface area contributed by atoms with Crippen molar-refractivity contribution in [2.45, 2.75) is 63.9 Å². The fourth-order valence-electron chi connectivity index (χ4n) is 7.01. The lowest BCUT2D eigenvalue weighted by atomic mass is 9.50. The van der Waals surface area contributed by atoms with E-state index >= 15 is 0 Å². The highest BCUT2D eigenvalue weighted by Gasteiger charge is 2.62. The summed E-state index contributed by atoms with van der Waals surface area (Å²) >= 11 is 0. The Morgan fingerprint density at radius 2 is 1.89 bits per heavy atom. The highest BCUT2D eigenvalue weighted by atomic mass is 16.3. The Labute approximate surface area is 167 Å². The van der Waals surface area contributed by atoms with Gasteiger partial charge in [-0.2, -0.15) is 0 Å². The van der Waals surface area contributed by atoms with Crippen LogP contribution in [0.1, 0.15) is 63.9 Å². The number of allylic oxidation sites excluding steroid dienone is 1. The number of carbonyl (C=O) groups excluding carboxylic acids is 1. The fraction of sp³-hybridized carbons (Fsp3) is 0.600. The van der Waals surface area contributed by atoms with E-state index < -0.39 is 5.60 Å². The smallest absolute Gasteiger partial charge is 0.155 e. The topological polar surface area (TPSA) is 50.2 Å². The van der Waals surface area contributed by atoms with Crippen LogP contribution in [0.3, 0.4) is 0 Å². The molecule has 0 aromatic carbocycles. The van der Waals surface area contributed by atoms with E-state index in [1.54, 1.807) is 12.4 Å². The van der Waals surface area contributed by atoms with Gasteiger partial charge in [0.2, 0.25) is 0 Å². The van der Waals surface area contributed by atoms with Crippen LogP contribution in [0.25, 0.3) is 0 Å². The number of nitrogens with zero attached hydrogens (tertiary/aromatic N) is 1. The van der Waals surface area contributed by atoms with E-state index in [0.29, 0.717) is 29.5 Å². The van der Waals surface area contributed by atoms with Crippen LogP contribution >= 0.6 is 0 Å². The minimum atomic E-state index is -0.898. The van der Waals surface area contributed by atoms with Gasteiger partial charge in [0.15, 0.2) is 5.78 Å². The number of carbonyl (C=O) groups is 1. The number of rotatable bonds is 0. The average Bonchev–Trinajstić information content (AvgIpc) is 2.98. The number of hydrogen-bond donors (Lipinski definition) is 1. The number of pyridine rings is 1. The second-order valence-electron chi connectivity index (χ2n) is 9.64. The SMILES string of the molecule is C[C@]12CC[C@@H]3[C@@H](CCC4=CC(=O)CC[C@@H]43)[C@H]1CCC2(O)C#Cc1ccncc1. The maximum absolute atomic E-state index is 11.9. The van der Waals surface area contributed by atoms with Crippen molar-refractivity contribution >= 4 is 5.78 Å². The summed E-state index contributed by atoms with van der Waals surface area (Å²) in [5.74, 6) is 9.36. The van der Waals surface area contributed by atoms with Gasteiger partial charge in [-0.25, -0.2) is 0 Å². The second-order valence-corrected chi connectivity index (χ2v) is 9.64. The molecule has 0 saturated heterocycles. The van der Waals surface area contributed by atoms with Crippen LogP contribution in [-0.2, 0) is 4.79 Å². The molecule has 146 valence electrons. The molecule has 0 radical (unpaired) electrons. The zero-order valence-electron chi connectivity index (χ0n) is 16.7. The quantitative estimate of drug-likeness (QED) is 0.688. The normalized spacial score (nSPS) is 41.8. The third-order valence-electron chi connectivity index (χ3n) is 8.55. The van der Waals surface area contributed by atoms with Gasteiger partial charge in [-0.3, -0.25) is 9.78 Å². The van der Waals surface area contributed by atoms with E-state index in [1.807, 2.05) is 18.2 Å². The summed E-state index contributed by atoms with van der Waals surface area (Å²) in [6.07, 6.45) is 13.5. The Bertz CT molecular complexity index is 879. The molecular weight excluding hydrogens is 346 g/mol. The zero-order chi connectivity index (χ0) is 19.4. The second kappa shape index (κ2) is 6.56. The summed E-state index contributed by atoms with van der Waals surface area (Å²) in [5, 5.41) is 11.6. The molecular formula is C25H29NO2. The lowest BCUT2D eigenvalue weighted by Crippen LogP contribution is -2.52. The van der Waals surface area contributed by atoms with Crippen molar-refractivity contribution in [2.24, 2.45) is 29.1 Å². The molecule has 28 heavy (non-hydrogen) atoms. The Morgan fingerprint density at radius 1 is 1.07 bits per heavy atom. The molecule has 1 N–H and O–H groups in total. The van der Waals surface area contributed by atoms with E-state index in [0.717, 1.165) is 50.5 Å². The van der Waals surface area contributed by atoms with Gasteiger partial charge in [0.1, 0.15) is 5.60 Å². The first-order valence-electron chi connectivity index (χ1n) is 10.9. The van der Waals surface area contributed by atoms with Gasteiger partial charge < -0.3 is 5.11 Å². The summed E-state index contributed by atoms with van der Waals surface area (Å²) < 4.78 is 0. The van der Waals surface area contributed by atoms with E-state index in [4.69, 9.17) is 0 Å². The molecule has 4 aliphatic rings. The molecule has 1 aromatic rings. The minimum absolute atomic E-state index is 0.125. The van der Waals surface area contributed by atoms with Gasteiger partial charge >= 0.3 is 0 Å². The van der Waals surface area contributed by atoms with Crippen LogP contribution in [0.2, 0.25) is 0 Å². The Kier molecular flexibility index (Phi) is 4.25. The van der Waals surface area contributed by atoms with Gasteiger partial charge in [-0.15, -0.1) is 0 Å². The number of aliphatic hydroxyl groups is 1. The monoisotopic (exact) mass is 375 g/mol. The maximum Gasteiger partial charge on any atom is 0.155 e. The van der Waals surface area contributed by atoms with Crippen molar-refractivity contribution in [3.8, 4) is 11.8 Å². The van der Waals surface area contributed by atoms with Gasteiger partial charge in [0, 0.05) is 29.8 Å². The van der Waals surface area contributed by atoms with Crippen molar-refractivity contribution in [3.63, 3.8) is 0 Å². The lowest BCUT2D eigenvalue weighted by molar-refractivity contribution is -0.116. The predicted octanol–water partition coefficient (Wildman–Crippen LogP) is 4.31. The fourth-order valence-corrected chi connectivity index (χ4v) is 7.01. The molecule has 0 aliphatic heterocycles. The molecule has 3 saturated carbocycles. The number of fused-ring (bicyclic) bond motifs is 5. The largest absolute Gasteiger partial charge is 0.377 e. The molecule has 1 heterocycles. The predicted molar refractivity (Wildman–Crippen MR) is 108 cm³/mol. The third-order valence-corrected chi connectivity index (χ3v) is 8.55. The van der Waals surface area contributed by atoms with E-state index in [-0.39, 0.29) is 5.41 Å². The van der Waals surface area contributed by atoms with Crippen molar-refractivity contribution in [1.29, 1.82) is 0 Å². The first-order valence-corrected chi connectivity index (χ1v) is 10.9. The van der Waals surface area contributed by atoms with Crippen LogP contribution in [-0.4, -0.2) is 21.5 Å². The van der Waals surface area contributed by atoms with Crippen LogP contribution in [0.4, 0.5) is 0 Å². The van der Waals surface area contributed by atoms with Gasteiger partial charge in [0.05, 0.1) is 0 Å². The average molecular weight is 376 g/mol. The molecule has 3 nitrogen and oxygen atoms in total. The third kappa shape index (κ3) is 2.69. The van der Waals surface area contributed by atoms with E-state index in [9.17, 15) is 9.90 Å². The van der Waals surface area contributed by atoms with E-state index in [2.05, 4.69) is 23.7 Å². The Hall–Kier alpha value is -1.92. The molecule has 0 amide bonds. The summed E-state index contributed by atoms with van der Waals surface area (Å²) in [7, 11) is 0. The number of ketones is 1. The van der Waals surface area contributed by atoms with Gasteiger partial charge in [-0.05, 0) is 86.8 Å². The molecule has 3 fully saturated rings. The maximum atomic E-state index is 11.9. The molecule has 1 unspecified atom stereocenters. The van der Waals surface area contributed by atoms with Crippen molar-refractivity contribution in [2.75, 3.05) is 0 Å². The molecule has 4 aliphatic carbocycles. The van der Waals surface area contributed by atoms with Gasteiger partial charge in [-0.1, -0.05) is 24.3 Å². The summed E-state index contributed by atoms with van der Waals surface area (Å²) in [6, 6.07) is 3.81. The Balaban J connectivity index is 1.42. The van der Waals surface area contributed by atoms with Crippen molar-refractivity contribution in [1.82, 2.24) is 4.98 Å². The highest BCUT2D eigenvalue weighted by molar-refractivity contribution is 5.91. The number of hydrogen-bond acceptors (Lipinski definition) is 3. The summed E-state index contributed by atoms with van der Waals surface area (Å²) in [6.45, 7) is 2.29. The Morgan fingerprint density at radius 3 is 2.71 bits per heavy atom. The van der Waals surface area contributed by atoms with Crippen molar-refractivity contribution < 1.29 is 9.90 Å². The van der Waals surface area contributed by atoms with Crippen LogP contribution < -0.4 is 0 Å². The van der Waals surface area contributed by atoms with Crippen LogP contribution in [0, 0.1) is 40.9 Å². The minimum Gasteiger partial charge on any atom is -0.377 e. The summed E-state index contributed by atoms with van der Waals surface area (Å²) in [4.78, 5) is 15.9. The zero-order valence-corrected chi connectivity index (χ0v) is 16.7. The molecule has 1 aromatic heterocycles. The molecule has 3 heteroatoms. The van der Waals surface area contributed by atoms with Crippen molar-refractivity contribution in [3.05, 3.63) is 41.7 Å². The highest BCUT2D eigenvalue weighted by Crippen LogP contribution is 2.64. The van der Waals surface area contributed by atoms with Gasteiger partial charge in [0.25, 0.3) is 0 Å². The molecule has 6 atom stereocenters. The van der Waals surface area contributed by atoms with Crippen LogP contribution in [0.15, 0.2) is 36.2 Å². The lowest BCUT2D eigenvalue weighted by Gasteiger charge is -2.54. The van der Waals surface area contributed by atoms with E-state index in [1.165, 1.54) is 12.0 Å². The molecule has 0 spiro atoms.